The van der Waals surface area contributed by atoms with E-state index >= 15 is 0 Å². The summed E-state index contributed by atoms with van der Waals surface area (Å²) in [7, 11) is 0. The fraction of sp³-hybridized carbons (Fsp3) is 0.200. The molecule has 5 rings (SSSR count). The SMILES string of the molecule is CCN(CCO)CCc1cccc(-c2cnc(N)c(-c3nc4cc(C(=O)Nc5cccc(F)c5)ccc4[nH]3)n2)c1. The van der Waals surface area contributed by atoms with Gasteiger partial charge in [-0.1, -0.05) is 31.2 Å². The molecule has 10 heteroatoms. The highest BCUT2D eigenvalue weighted by molar-refractivity contribution is 6.06. The molecule has 5 N–H and O–H groups in total. The number of amides is 1. The molecule has 1 amide bonds. The maximum Gasteiger partial charge on any atom is 0.255 e. The summed E-state index contributed by atoms with van der Waals surface area (Å²) in [5.74, 6) is -0.149. The van der Waals surface area contributed by atoms with Crippen LogP contribution >= 0.6 is 0 Å². The van der Waals surface area contributed by atoms with Gasteiger partial charge in [-0.2, -0.15) is 0 Å². The standard InChI is InChI=1S/C30H30FN7O2/c1-2-38(13-14-39)12-11-19-5-3-6-20(15-19)26-18-33-28(32)27(35-26)29-36-24-10-9-21(16-25(24)37-29)30(40)34-23-8-4-7-22(31)17-23/h3-10,15-18,39H,2,11-14H2,1H3,(H2,32,33)(H,34,40)(H,36,37). The van der Waals surface area contributed by atoms with Gasteiger partial charge in [0.15, 0.2) is 11.6 Å². The smallest absolute Gasteiger partial charge is 0.255 e. The quantitative estimate of drug-likeness (QED) is 0.205. The molecule has 0 atom stereocenters. The number of H-pyrrole nitrogens is 1. The second kappa shape index (κ2) is 12.0. The van der Waals surface area contributed by atoms with Gasteiger partial charge in [0.05, 0.1) is 29.5 Å². The summed E-state index contributed by atoms with van der Waals surface area (Å²) in [5.41, 5.74) is 11.3. The number of benzene rings is 3. The number of aromatic nitrogens is 4. The van der Waals surface area contributed by atoms with Gasteiger partial charge in [0.2, 0.25) is 0 Å². The number of halogens is 1. The maximum atomic E-state index is 13.5. The summed E-state index contributed by atoms with van der Waals surface area (Å²) in [6.07, 6.45) is 2.48. The highest BCUT2D eigenvalue weighted by Gasteiger charge is 2.15. The van der Waals surface area contributed by atoms with Crippen molar-refractivity contribution in [2.75, 3.05) is 37.3 Å². The predicted molar refractivity (Wildman–Crippen MR) is 154 cm³/mol. The number of nitrogens with one attached hydrogen (secondary N) is 2. The van der Waals surface area contributed by atoms with Crippen LogP contribution in [0.2, 0.25) is 0 Å². The summed E-state index contributed by atoms with van der Waals surface area (Å²) in [5, 5.41) is 11.9. The second-order valence-corrected chi connectivity index (χ2v) is 9.38. The lowest BCUT2D eigenvalue weighted by atomic mass is 10.1. The summed E-state index contributed by atoms with van der Waals surface area (Å²) >= 11 is 0. The molecular formula is C30H30FN7O2. The lowest BCUT2D eigenvalue weighted by Crippen LogP contribution is -2.28. The lowest BCUT2D eigenvalue weighted by Gasteiger charge is -2.19. The molecule has 0 bridgehead atoms. The van der Waals surface area contributed by atoms with Crippen molar-refractivity contribution in [1.29, 1.82) is 0 Å². The van der Waals surface area contributed by atoms with Crippen molar-refractivity contribution in [3.8, 4) is 22.8 Å². The van der Waals surface area contributed by atoms with Crippen molar-refractivity contribution in [2.24, 2.45) is 0 Å². The van der Waals surface area contributed by atoms with Crippen LogP contribution in [0.3, 0.4) is 0 Å². The van der Waals surface area contributed by atoms with Gasteiger partial charge in [-0.3, -0.25) is 4.79 Å². The topological polar surface area (TPSA) is 133 Å². The van der Waals surface area contributed by atoms with Crippen LogP contribution in [0.15, 0.2) is 72.9 Å². The van der Waals surface area contributed by atoms with Crippen LogP contribution in [0.5, 0.6) is 0 Å². The molecule has 0 aliphatic heterocycles. The minimum atomic E-state index is -0.431. The molecule has 0 unspecified atom stereocenters. The normalized spacial score (nSPS) is 11.3. The monoisotopic (exact) mass is 539 g/mol. The van der Waals surface area contributed by atoms with Gasteiger partial charge in [-0.05, 0) is 61.0 Å². The third-order valence-electron chi connectivity index (χ3n) is 6.66. The zero-order valence-corrected chi connectivity index (χ0v) is 22.1. The van der Waals surface area contributed by atoms with E-state index in [1.807, 2.05) is 12.1 Å². The van der Waals surface area contributed by atoms with E-state index in [1.165, 1.54) is 18.2 Å². The van der Waals surface area contributed by atoms with E-state index in [0.29, 0.717) is 46.0 Å². The van der Waals surface area contributed by atoms with Gasteiger partial charge >= 0.3 is 0 Å². The van der Waals surface area contributed by atoms with Gasteiger partial charge < -0.3 is 26.0 Å². The molecule has 204 valence electrons. The maximum absolute atomic E-state index is 13.5. The van der Waals surface area contributed by atoms with Crippen molar-refractivity contribution in [3.63, 3.8) is 0 Å². The molecule has 0 fully saturated rings. The molecule has 0 aliphatic carbocycles. The number of aliphatic hydroxyl groups excluding tert-OH is 1. The number of hydrogen-bond donors (Lipinski definition) is 4. The largest absolute Gasteiger partial charge is 0.395 e. The number of imidazole rings is 1. The minimum absolute atomic E-state index is 0.142. The van der Waals surface area contributed by atoms with Gasteiger partial charge in [0.1, 0.15) is 11.5 Å². The molecule has 2 aromatic heterocycles. The van der Waals surface area contributed by atoms with Crippen LogP contribution < -0.4 is 11.1 Å². The number of aromatic amines is 1. The molecule has 40 heavy (non-hydrogen) atoms. The first kappa shape index (κ1) is 26.9. The van der Waals surface area contributed by atoms with Crippen LogP contribution in [0.4, 0.5) is 15.9 Å². The first-order chi connectivity index (χ1) is 19.4. The van der Waals surface area contributed by atoms with Gasteiger partial charge in [-0.25, -0.2) is 19.3 Å². The first-order valence-corrected chi connectivity index (χ1v) is 13.1. The Hall–Kier alpha value is -4.67. The van der Waals surface area contributed by atoms with Crippen molar-refractivity contribution >= 4 is 28.4 Å². The summed E-state index contributed by atoms with van der Waals surface area (Å²) in [6, 6.07) is 18.9. The number of anilines is 2. The number of fused-ring (bicyclic) bond motifs is 1. The Bertz CT molecular complexity index is 1650. The molecule has 0 aliphatic rings. The second-order valence-electron chi connectivity index (χ2n) is 9.38. The van der Waals surface area contributed by atoms with Crippen LogP contribution in [-0.4, -0.2) is 62.1 Å². The zero-order valence-electron chi connectivity index (χ0n) is 22.1. The molecule has 9 nitrogen and oxygen atoms in total. The Balaban J connectivity index is 1.38. The van der Waals surface area contributed by atoms with E-state index in [1.54, 1.807) is 30.5 Å². The Labute approximate surface area is 230 Å². The number of carbonyl (C=O) groups is 1. The van der Waals surface area contributed by atoms with Crippen molar-refractivity contribution < 1.29 is 14.3 Å². The fourth-order valence-corrected chi connectivity index (χ4v) is 4.48. The molecule has 0 saturated carbocycles. The number of nitrogens with two attached hydrogens (primary N) is 1. The number of carbonyl (C=O) groups excluding carboxylic acids is 1. The van der Waals surface area contributed by atoms with E-state index < -0.39 is 5.82 Å². The number of aliphatic hydroxyl groups is 1. The van der Waals surface area contributed by atoms with Crippen LogP contribution in [0.1, 0.15) is 22.8 Å². The Morgan fingerprint density at radius 3 is 2.73 bits per heavy atom. The van der Waals surface area contributed by atoms with E-state index in [0.717, 1.165) is 30.6 Å². The van der Waals surface area contributed by atoms with Gasteiger partial charge in [0.25, 0.3) is 5.91 Å². The summed E-state index contributed by atoms with van der Waals surface area (Å²) in [4.78, 5) is 31.9. The Morgan fingerprint density at radius 2 is 1.93 bits per heavy atom. The highest BCUT2D eigenvalue weighted by Crippen LogP contribution is 2.27. The molecule has 2 heterocycles. The van der Waals surface area contributed by atoms with Crippen LogP contribution in [-0.2, 0) is 6.42 Å². The van der Waals surface area contributed by atoms with Crippen molar-refractivity contribution in [1.82, 2.24) is 24.8 Å². The predicted octanol–water partition coefficient (Wildman–Crippen LogP) is 4.52. The third kappa shape index (κ3) is 6.14. The number of nitrogen functional groups attached to an aromatic ring is 1. The van der Waals surface area contributed by atoms with Gasteiger partial charge in [0, 0.05) is 29.9 Å². The number of nitrogens with zero attached hydrogens (tertiary/aromatic N) is 4. The average Bonchev–Trinajstić information content (AvgIpc) is 3.39. The summed E-state index contributed by atoms with van der Waals surface area (Å²) in [6.45, 7) is 4.60. The fourth-order valence-electron chi connectivity index (χ4n) is 4.48. The number of rotatable bonds is 10. The van der Waals surface area contributed by atoms with E-state index in [4.69, 9.17) is 10.7 Å². The average molecular weight is 540 g/mol. The van der Waals surface area contributed by atoms with E-state index in [-0.39, 0.29) is 18.3 Å². The van der Waals surface area contributed by atoms with E-state index in [2.05, 4.69) is 44.2 Å². The first-order valence-electron chi connectivity index (χ1n) is 13.1. The molecular weight excluding hydrogens is 509 g/mol. The highest BCUT2D eigenvalue weighted by atomic mass is 19.1. The number of hydrogen-bond acceptors (Lipinski definition) is 7. The zero-order chi connectivity index (χ0) is 28.1. The van der Waals surface area contributed by atoms with Crippen LogP contribution in [0, 0.1) is 5.82 Å². The van der Waals surface area contributed by atoms with E-state index in [9.17, 15) is 14.3 Å². The van der Waals surface area contributed by atoms with Crippen molar-refractivity contribution in [2.45, 2.75) is 13.3 Å². The number of likely N-dealkylation sites (N-methyl/N-ethyl adjacent to an activating group) is 1. The minimum Gasteiger partial charge on any atom is -0.395 e. The van der Waals surface area contributed by atoms with Gasteiger partial charge in [-0.15, -0.1) is 0 Å². The Kier molecular flexibility index (Phi) is 8.09. The van der Waals surface area contributed by atoms with Crippen LogP contribution in [0.25, 0.3) is 33.8 Å². The molecule has 0 saturated heterocycles. The Morgan fingerprint density at radius 1 is 1.07 bits per heavy atom. The summed E-state index contributed by atoms with van der Waals surface area (Å²) < 4.78 is 13.5. The molecule has 0 spiro atoms. The third-order valence-corrected chi connectivity index (χ3v) is 6.66. The van der Waals surface area contributed by atoms with Crippen molar-refractivity contribution in [3.05, 3.63) is 89.9 Å². The molecule has 5 aromatic rings. The molecule has 3 aromatic carbocycles. The lowest BCUT2D eigenvalue weighted by molar-refractivity contribution is 0.102. The molecule has 0 radical (unpaired) electrons.